The minimum Gasteiger partial charge on any atom is -0.493 e. The first-order valence-corrected chi connectivity index (χ1v) is 10.3. The highest BCUT2D eigenvalue weighted by molar-refractivity contribution is 6.33. The third-order valence-corrected chi connectivity index (χ3v) is 6.76. The quantitative estimate of drug-likeness (QED) is 0.654. The Balaban J connectivity index is 1.76. The SMILES string of the molecule is CCN1C(=O)CC(C(=O)OC)C12CCN(Cc1ccc(OC)c(OC)c1Cl)CC2. The summed E-state index contributed by atoms with van der Waals surface area (Å²) < 4.78 is 15.7. The lowest BCUT2D eigenvalue weighted by Crippen LogP contribution is -2.57. The van der Waals surface area contributed by atoms with Crippen LogP contribution >= 0.6 is 11.6 Å². The number of amides is 1. The summed E-state index contributed by atoms with van der Waals surface area (Å²) in [5.41, 5.74) is 0.510. The first-order valence-electron chi connectivity index (χ1n) is 9.91. The van der Waals surface area contributed by atoms with Gasteiger partial charge in [0.15, 0.2) is 11.5 Å². The van der Waals surface area contributed by atoms with Gasteiger partial charge in [0, 0.05) is 32.6 Å². The minimum absolute atomic E-state index is 0.0410. The molecule has 1 aromatic rings. The second-order valence-electron chi connectivity index (χ2n) is 7.57. The molecule has 29 heavy (non-hydrogen) atoms. The molecule has 1 spiro atoms. The normalized spacial score (nSPS) is 21.5. The van der Waals surface area contributed by atoms with Gasteiger partial charge in [-0.3, -0.25) is 14.5 Å². The highest BCUT2D eigenvalue weighted by atomic mass is 35.5. The van der Waals surface area contributed by atoms with Gasteiger partial charge < -0.3 is 19.1 Å². The number of halogens is 1. The van der Waals surface area contributed by atoms with Crippen LogP contribution in [0, 0.1) is 5.92 Å². The van der Waals surface area contributed by atoms with Gasteiger partial charge in [0.05, 0.1) is 37.8 Å². The summed E-state index contributed by atoms with van der Waals surface area (Å²) in [6.07, 6.45) is 1.70. The van der Waals surface area contributed by atoms with Crippen LogP contribution in [0.15, 0.2) is 12.1 Å². The van der Waals surface area contributed by atoms with Gasteiger partial charge in [-0.05, 0) is 31.4 Å². The van der Waals surface area contributed by atoms with E-state index in [4.69, 9.17) is 25.8 Å². The van der Waals surface area contributed by atoms with Crippen LogP contribution in [0.5, 0.6) is 11.5 Å². The summed E-state index contributed by atoms with van der Waals surface area (Å²) in [6, 6.07) is 3.80. The molecular formula is C21H29ClN2O5. The fourth-order valence-corrected chi connectivity index (χ4v) is 5.15. The highest BCUT2D eigenvalue weighted by Gasteiger charge is 2.56. The molecule has 160 valence electrons. The number of rotatable bonds is 6. The van der Waals surface area contributed by atoms with Gasteiger partial charge in [-0.25, -0.2) is 0 Å². The number of esters is 1. The van der Waals surface area contributed by atoms with Crippen LogP contribution in [-0.2, 0) is 20.9 Å². The molecule has 7 nitrogen and oxygen atoms in total. The molecular weight excluding hydrogens is 396 g/mol. The number of nitrogens with zero attached hydrogens (tertiary/aromatic N) is 2. The summed E-state index contributed by atoms with van der Waals surface area (Å²) in [4.78, 5) is 29.1. The van der Waals surface area contributed by atoms with Crippen molar-refractivity contribution in [2.75, 3.05) is 41.0 Å². The molecule has 2 aliphatic rings. The smallest absolute Gasteiger partial charge is 0.311 e. The molecule has 1 aromatic carbocycles. The molecule has 0 bridgehead atoms. The lowest BCUT2D eigenvalue weighted by atomic mass is 9.76. The van der Waals surface area contributed by atoms with Crippen molar-refractivity contribution in [3.05, 3.63) is 22.7 Å². The molecule has 2 heterocycles. The molecule has 0 aliphatic carbocycles. The Hall–Kier alpha value is -1.99. The number of likely N-dealkylation sites (tertiary alicyclic amines) is 2. The predicted octanol–water partition coefficient (Wildman–Crippen LogP) is 2.73. The van der Waals surface area contributed by atoms with Crippen molar-refractivity contribution >= 4 is 23.5 Å². The third kappa shape index (κ3) is 3.78. The van der Waals surface area contributed by atoms with E-state index in [9.17, 15) is 9.59 Å². The molecule has 1 atom stereocenters. The number of ether oxygens (including phenoxy) is 3. The Kier molecular flexibility index (Phi) is 6.58. The van der Waals surface area contributed by atoms with Gasteiger partial charge in [0.1, 0.15) is 0 Å². The average Bonchev–Trinajstić information content (AvgIpc) is 3.01. The van der Waals surface area contributed by atoms with E-state index in [1.54, 1.807) is 14.2 Å². The van der Waals surface area contributed by atoms with Crippen LogP contribution in [0.1, 0.15) is 31.7 Å². The lowest BCUT2D eigenvalue weighted by molar-refractivity contribution is -0.150. The molecule has 0 saturated carbocycles. The van der Waals surface area contributed by atoms with Crippen LogP contribution in [0.4, 0.5) is 0 Å². The molecule has 2 aliphatic heterocycles. The third-order valence-electron chi connectivity index (χ3n) is 6.35. The van der Waals surface area contributed by atoms with E-state index in [0.717, 1.165) is 31.5 Å². The van der Waals surface area contributed by atoms with Crippen LogP contribution in [0.3, 0.4) is 0 Å². The molecule has 2 saturated heterocycles. The first kappa shape index (κ1) is 21.7. The number of benzene rings is 1. The van der Waals surface area contributed by atoms with Gasteiger partial charge in [0.25, 0.3) is 0 Å². The molecule has 2 fully saturated rings. The lowest BCUT2D eigenvalue weighted by Gasteiger charge is -2.47. The zero-order valence-electron chi connectivity index (χ0n) is 17.5. The minimum atomic E-state index is -0.448. The summed E-state index contributed by atoms with van der Waals surface area (Å²) >= 11 is 6.54. The van der Waals surface area contributed by atoms with Gasteiger partial charge in [-0.1, -0.05) is 17.7 Å². The van der Waals surface area contributed by atoms with Crippen molar-refractivity contribution in [3.8, 4) is 11.5 Å². The topological polar surface area (TPSA) is 68.3 Å². The Bertz CT molecular complexity index is 775. The average molecular weight is 425 g/mol. The number of carbonyl (C=O) groups excluding carboxylic acids is 2. The van der Waals surface area contributed by atoms with Crippen molar-refractivity contribution in [2.24, 2.45) is 5.92 Å². The molecule has 0 radical (unpaired) electrons. The molecule has 0 N–H and O–H groups in total. The Labute approximate surface area is 176 Å². The number of carbonyl (C=O) groups is 2. The summed E-state index contributed by atoms with van der Waals surface area (Å²) in [5, 5.41) is 0.547. The van der Waals surface area contributed by atoms with Crippen molar-refractivity contribution in [1.29, 1.82) is 0 Å². The second kappa shape index (κ2) is 8.79. The number of methoxy groups -OCH3 is 3. The molecule has 0 aromatic heterocycles. The van der Waals surface area contributed by atoms with E-state index in [1.807, 2.05) is 24.0 Å². The van der Waals surface area contributed by atoms with Crippen molar-refractivity contribution in [3.63, 3.8) is 0 Å². The molecule has 1 unspecified atom stereocenters. The second-order valence-corrected chi connectivity index (χ2v) is 7.95. The van der Waals surface area contributed by atoms with E-state index in [1.165, 1.54) is 7.11 Å². The van der Waals surface area contributed by atoms with Gasteiger partial charge in [-0.15, -0.1) is 0 Å². The van der Waals surface area contributed by atoms with E-state index in [0.29, 0.717) is 29.6 Å². The van der Waals surface area contributed by atoms with Crippen LogP contribution in [-0.4, -0.2) is 68.2 Å². The maximum Gasteiger partial charge on any atom is 0.311 e. The maximum atomic E-state index is 12.5. The van der Waals surface area contributed by atoms with E-state index < -0.39 is 11.5 Å². The van der Waals surface area contributed by atoms with Crippen molar-refractivity contribution < 1.29 is 23.8 Å². The Morgan fingerprint density at radius 2 is 1.90 bits per heavy atom. The highest BCUT2D eigenvalue weighted by Crippen LogP contribution is 2.45. The van der Waals surface area contributed by atoms with Crippen LogP contribution in [0.2, 0.25) is 5.02 Å². The van der Waals surface area contributed by atoms with Crippen molar-refractivity contribution in [2.45, 2.75) is 38.3 Å². The molecule has 3 rings (SSSR count). The maximum absolute atomic E-state index is 12.5. The predicted molar refractivity (Wildman–Crippen MR) is 109 cm³/mol. The zero-order chi connectivity index (χ0) is 21.2. The number of piperidine rings is 1. The zero-order valence-corrected chi connectivity index (χ0v) is 18.3. The number of hydrogen-bond acceptors (Lipinski definition) is 6. The summed E-state index contributed by atoms with van der Waals surface area (Å²) in [6.45, 7) is 4.77. The molecule has 8 heteroatoms. The molecule has 1 amide bonds. The Morgan fingerprint density at radius 3 is 2.45 bits per heavy atom. The Morgan fingerprint density at radius 1 is 1.21 bits per heavy atom. The fourth-order valence-electron chi connectivity index (χ4n) is 4.86. The van der Waals surface area contributed by atoms with Gasteiger partial charge >= 0.3 is 5.97 Å². The van der Waals surface area contributed by atoms with Crippen LogP contribution < -0.4 is 9.47 Å². The van der Waals surface area contributed by atoms with Crippen LogP contribution in [0.25, 0.3) is 0 Å². The van der Waals surface area contributed by atoms with Crippen molar-refractivity contribution in [1.82, 2.24) is 9.80 Å². The monoisotopic (exact) mass is 424 g/mol. The van der Waals surface area contributed by atoms with E-state index >= 15 is 0 Å². The fraction of sp³-hybridized carbons (Fsp3) is 0.619. The van der Waals surface area contributed by atoms with E-state index in [-0.39, 0.29) is 18.3 Å². The first-order chi connectivity index (χ1) is 13.9. The van der Waals surface area contributed by atoms with E-state index in [2.05, 4.69) is 4.90 Å². The number of hydrogen-bond donors (Lipinski definition) is 0. The summed E-state index contributed by atoms with van der Waals surface area (Å²) in [7, 11) is 4.54. The van der Waals surface area contributed by atoms with Gasteiger partial charge in [-0.2, -0.15) is 0 Å². The summed E-state index contributed by atoms with van der Waals surface area (Å²) in [5.74, 6) is 0.490. The standard InChI is InChI=1S/C21H29ClN2O5/c1-5-24-17(25)12-15(20(26)29-4)21(24)8-10-23(11-9-21)13-14-6-7-16(27-2)19(28-3)18(14)22/h6-7,15H,5,8-13H2,1-4H3. The van der Waals surface area contributed by atoms with Gasteiger partial charge in [0.2, 0.25) is 5.91 Å². The largest absolute Gasteiger partial charge is 0.493 e.